The van der Waals surface area contributed by atoms with Crippen LogP contribution in [0.15, 0.2) is 42.5 Å². The van der Waals surface area contributed by atoms with Gasteiger partial charge in [0.1, 0.15) is 0 Å². The van der Waals surface area contributed by atoms with E-state index in [1.807, 2.05) is 0 Å². The minimum Gasteiger partial charge on any atom is -0.351 e. The highest BCUT2D eigenvalue weighted by Crippen LogP contribution is 2.29. The number of amides is 1. The molecular formula is C23H26N4O2S. The molecule has 2 aromatic carbocycles. The maximum absolute atomic E-state index is 12.3. The van der Waals surface area contributed by atoms with E-state index in [2.05, 4.69) is 40.2 Å². The number of carbonyl (C=O) groups is 2. The summed E-state index contributed by atoms with van der Waals surface area (Å²) in [7, 11) is 0. The van der Waals surface area contributed by atoms with Gasteiger partial charge >= 0.3 is 0 Å². The minimum atomic E-state index is -0.103. The smallest absolute Gasteiger partial charge is 0.251 e. The number of nitrogens with one attached hydrogen (secondary N) is 1. The Morgan fingerprint density at radius 1 is 1.03 bits per heavy atom. The first-order valence-corrected chi connectivity index (χ1v) is 11.0. The molecule has 4 rings (SSSR count). The van der Waals surface area contributed by atoms with Crippen LogP contribution in [0.4, 0.5) is 5.13 Å². The first-order chi connectivity index (χ1) is 14.5. The van der Waals surface area contributed by atoms with Crippen molar-refractivity contribution in [2.75, 3.05) is 44.2 Å². The van der Waals surface area contributed by atoms with Gasteiger partial charge in [-0.3, -0.25) is 14.5 Å². The van der Waals surface area contributed by atoms with Gasteiger partial charge in [0.25, 0.3) is 5.91 Å². The highest BCUT2D eigenvalue weighted by Gasteiger charge is 2.20. The zero-order valence-electron chi connectivity index (χ0n) is 17.4. The van der Waals surface area contributed by atoms with Crippen molar-refractivity contribution < 1.29 is 9.59 Å². The lowest BCUT2D eigenvalue weighted by molar-refractivity contribution is 0.0945. The lowest BCUT2D eigenvalue weighted by atomic mass is 10.1. The molecule has 1 fully saturated rings. The molecule has 1 N–H and O–H groups in total. The van der Waals surface area contributed by atoms with Gasteiger partial charge in [-0.2, -0.15) is 0 Å². The van der Waals surface area contributed by atoms with Crippen molar-refractivity contribution >= 4 is 38.4 Å². The van der Waals surface area contributed by atoms with Crippen LogP contribution in [0.5, 0.6) is 0 Å². The highest BCUT2D eigenvalue weighted by molar-refractivity contribution is 7.22. The number of anilines is 1. The fraction of sp³-hybridized carbons (Fsp3) is 0.348. The van der Waals surface area contributed by atoms with E-state index in [1.54, 1.807) is 35.6 Å². The van der Waals surface area contributed by atoms with E-state index in [9.17, 15) is 9.59 Å². The molecule has 0 atom stereocenters. The lowest BCUT2D eigenvalue weighted by Gasteiger charge is -2.34. The summed E-state index contributed by atoms with van der Waals surface area (Å²) < 4.78 is 1.24. The minimum absolute atomic E-state index is 0.00191. The van der Waals surface area contributed by atoms with E-state index in [0.29, 0.717) is 17.7 Å². The normalized spacial score (nSPS) is 14.8. The molecule has 30 heavy (non-hydrogen) atoms. The lowest BCUT2D eigenvalue weighted by Crippen LogP contribution is -2.48. The molecule has 1 aromatic heterocycles. The fourth-order valence-corrected chi connectivity index (χ4v) is 4.72. The summed E-state index contributed by atoms with van der Waals surface area (Å²) in [5.74, 6) is -0.101. The number of carbonyl (C=O) groups excluding carboxylic acids is 2. The largest absolute Gasteiger partial charge is 0.351 e. The first kappa shape index (κ1) is 20.5. The maximum Gasteiger partial charge on any atom is 0.251 e. The van der Waals surface area contributed by atoms with Crippen LogP contribution in [-0.2, 0) is 0 Å². The van der Waals surface area contributed by atoms with Crippen molar-refractivity contribution in [1.29, 1.82) is 0 Å². The number of benzene rings is 2. The molecule has 0 radical (unpaired) electrons. The SMILES string of the molecule is CC(=O)c1ccc(C(=O)NCCN2CCN(c3nc4ccc(C)cc4s3)CC2)cc1. The number of rotatable bonds is 6. The zero-order valence-corrected chi connectivity index (χ0v) is 18.2. The van der Waals surface area contributed by atoms with E-state index in [1.165, 1.54) is 17.2 Å². The van der Waals surface area contributed by atoms with Gasteiger partial charge in [-0.15, -0.1) is 0 Å². The number of nitrogens with zero attached hydrogens (tertiary/aromatic N) is 3. The van der Waals surface area contributed by atoms with Crippen molar-refractivity contribution in [2.45, 2.75) is 13.8 Å². The summed E-state index contributed by atoms with van der Waals surface area (Å²) >= 11 is 1.76. The van der Waals surface area contributed by atoms with Crippen LogP contribution in [0, 0.1) is 6.92 Å². The highest BCUT2D eigenvalue weighted by atomic mass is 32.1. The molecule has 6 nitrogen and oxygen atoms in total. The Hall–Kier alpha value is -2.77. The third kappa shape index (κ3) is 4.68. The van der Waals surface area contributed by atoms with Gasteiger partial charge < -0.3 is 10.2 Å². The molecule has 1 amide bonds. The molecular weight excluding hydrogens is 396 g/mol. The van der Waals surface area contributed by atoms with Gasteiger partial charge in [0, 0.05) is 50.4 Å². The molecule has 2 heterocycles. The summed E-state index contributed by atoms with van der Waals surface area (Å²) in [5, 5.41) is 4.07. The van der Waals surface area contributed by atoms with Crippen LogP contribution in [0.3, 0.4) is 0 Å². The Balaban J connectivity index is 1.23. The van der Waals surface area contributed by atoms with Crippen LogP contribution >= 0.6 is 11.3 Å². The second-order valence-electron chi connectivity index (χ2n) is 7.69. The van der Waals surface area contributed by atoms with Crippen molar-refractivity contribution in [3.63, 3.8) is 0 Å². The number of hydrogen-bond donors (Lipinski definition) is 1. The van der Waals surface area contributed by atoms with Crippen molar-refractivity contribution in [1.82, 2.24) is 15.2 Å². The average molecular weight is 423 g/mol. The van der Waals surface area contributed by atoms with Gasteiger partial charge in [-0.05, 0) is 43.7 Å². The second-order valence-corrected chi connectivity index (χ2v) is 8.69. The molecule has 1 aliphatic rings. The van der Waals surface area contributed by atoms with Gasteiger partial charge in [0.15, 0.2) is 10.9 Å². The Morgan fingerprint density at radius 2 is 1.73 bits per heavy atom. The van der Waals surface area contributed by atoms with E-state index in [0.717, 1.165) is 43.4 Å². The molecule has 156 valence electrons. The molecule has 1 saturated heterocycles. The number of Topliss-reactive ketones (excluding diaryl/α,β-unsaturated/α-hetero) is 1. The summed E-state index contributed by atoms with van der Waals surface area (Å²) in [5.41, 5.74) is 3.53. The molecule has 1 aliphatic heterocycles. The van der Waals surface area contributed by atoms with E-state index in [4.69, 9.17) is 4.98 Å². The van der Waals surface area contributed by atoms with Crippen LogP contribution in [-0.4, -0.2) is 60.8 Å². The van der Waals surface area contributed by atoms with Crippen molar-refractivity contribution in [3.8, 4) is 0 Å². The van der Waals surface area contributed by atoms with Crippen molar-refractivity contribution in [3.05, 3.63) is 59.2 Å². The van der Waals surface area contributed by atoms with Crippen LogP contribution < -0.4 is 10.2 Å². The molecule has 0 aliphatic carbocycles. The van der Waals surface area contributed by atoms with Gasteiger partial charge in [0.2, 0.25) is 0 Å². The summed E-state index contributed by atoms with van der Waals surface area (Å²) in [6, 6.07) is 13.2. The van der Waals surface area contributed by atoms with Crippen LogP contribution in [0.25, 0.3) is 10.2 Å². The summed E-state index contributed by atoms with van der Waals surface area (Å²) in [6.45, 7) is 8.86. The molecule has 3 aromatic rings. The quantitative estimate of drug-likeness (QED) is 0.617. The van der Waals surface area contributed by atoms with Crippen LogP contribution in [0.1, 0.15) is 33.2 Å². The van der Waals surface area contributed by atoms with E-state index in [-0.39, 0.29) is 11.7 Å². The molecule has 0 spiro atoms. The number of piperazine rings is 1. The molecule has 7 heteroatoms. The number of hydrogen-bond acceptors (Lipinski definition) is 6. The Labute approximate surface area is 180 Å². The first-order valence-electron chi connectivity index (χ1n) is 10.2. The van der Waals surface area contributed by atoms with Gasteiger partial charge in [0.05, 0.1) is 10.2 Å². The van der Waals surface area contributed by atoms with Gasteiger partial charge in [-0.25, -0.2) is 4.98 Å². The number of thiazole rings is 1. The molecule has 0 bridgehead atoms. The summed E-state index contributed by atoms with van der Waals surface area (Å²) in [4.78, 5) is 33.1. The third-order valence-electron chi connectivity index (χ3n) is 5.44. The monoisotopic (exact) mass is 422 g/mol. The zero-order chi connectivity index (χ0) is 21.1. The van der Waals surface area contributed by atoms with E-state index < -0.39 is 0 Å². The predicted molar refractivity (Wildman–Crippen MR) is 122 cm³/mol. The fourth-order valence-electron chi connectivity index (χ4n) is 3.60. The van der Waals surface area contributed by atoms with E-state index >= 15 is 0 Å². The Morgan fingerprint density at radius 3 is 2.43 bits per heavy atom. The summed E-state index contributed by atoms with van der Waals surface area (Å²) in [6.07, 6.45) is 0. The van der Waals surface area contributed by atoms with Crippen LogP contribution in [0.2, 0.25) is 0 Å². The topological polar surface area (TPSA) is 65.5 Å². The number of ketones is 1. The maximum atomic E-state index is 12.3. The molecule has 0 unspecified atom stereocenters. The number of aromatic nitrogens is 1. The van der Waals surface area contributed by atoms with Crippen molar-refractivity contribution in [2.24, 2.45) is 0 Å². The average Bonchev–Trinajstić information content (AvgIpc) is 3.17. The second kappa shape index (κ2) is 8.93. The Bertz CT molecular complexity index is 1050. The standard InChI is InChI=1S/C23H26N4O2S/c1-16-3-8-20-21(15-16)30-23(25-20)27-13-11-26(12-14-27)10-9-24-22(29)19-6-4-18(5-7-19)17(2)28/h3-8,15H,9-14H2,1-2H3,(H,24,29). The third-order valence-corrected chi connectivity index (χ3v) is 6.52. The predicted octanol–water partition coefficient (Wildman–Crippen LogP) is 3.36. The molecule has 0 saturated carbocycles. The number of fused-ring (bicyclic) bond motifs is 1. The number of aryl methyl sites for hydroxylation is 1. The van der Waals surface area contributed by atoms with Gasteiger partial charge in [-0.1, -0.05) is 29.5 Å². The Kier molecular flexibility index (Phi) is 6.11.